The summed E-state index contributed by atoms with van der Waals surface area (Å²) in [6.45, 7) is 0.169. The number of nitrogens with one attached hydrogen (secondary N) is 1. The van der Waals surface area contributed by atoms with E-state index in [-0.39, 0.29) is 24.1 Å². The summed E-state index contributed by atoms with van der Waals surface area (Å²) >= 11 is 26.1. The smallest absolute Gasteiger partial charge is 0.242 e. The number of benzene rings is 3. The number of hydrogen-bond donors (Lipinski definition) is 1. The van der Waals surface area contributed by atoms with Crippen molar-refractivity contribution in [2.45, 2.75) is 24.8 Å². The van der Waals surface area contributed by atoms with Crippen LogP contribution in [0.1, 0.15) is 16.7 Å². The number of nitrogens with zero attached hydrogens (tertiary/aromatic N) is 1. The molecule has 1 unspecified atom stereocenters. The number of carbonyl (C=O) groups excluding carboxylic acids is 2. The van der Waals surface area contributed by atoms with Crippen molar-refractivity contribution in [1.29, 1.82) is 0 Å². The topological polar surface area (TPSA) is 49.4 Å². The molecule has 0 radical (unpaired) electrons. The van der Waals surface area contributed by atoms with Gasteiger partial charge in [-0.2, -0.15) is 0 Å². The minimum absolute atomic E-state index is 0.159. The van der Waals surface area contributed by atoms with Gasteiger partial charge in [0, 0.05) is 45.9 Å². The van der Waals surface area contributed by atoms with Gasteiger partial charge in [0.15, 0.2) is 0 Å². The van der Waals surface area contributed by atoms with E-state index in [1.807, 2.05) is 36.4 Å². The van der Waals surface area contributed by atoms with Gasteiger partial charge < -0.3 is 10.2 Å². The third-order valence-electron chi connectivity index (χ3n) is 5.37. The highest BCUT2D eigenvalue weighted by Crippen LogP contribution is 2.27. The quantitative estimate of drug-likeness (QED) is 0.288. The minimum atomic E-state index is -0.721. The van der Waals surface area contributed by atoms with E-state index in [2.05, 4.69) is 5.32 Å². The Hall–Kier alpha value is -1.89. The maximum atomic E-state index is 13.5. The molecule has 9 heteroatoms. The first-order valence-corrected chi connectivity index (χ1v) is 13.5. The summed E-state index contributed by atoms with van der Waals surface area (Å²) in [5, 5.41) is 4.74. The summed E-state index contributed by atoms with van der Waals surface area (Å²) in [4.78, 5) is 28.1. The number of likely N-dealkylation sites (N-methyl/N-ethyl adjacent to an activating group) is 1. The van der Waals surface area contributed by atoms with Crippen LogP contribution in [-0.4, -0.2) is 35.6 Å². The molecule has 1 atom stereocenters. The predicted molar refractivity (Wildman–Crippen MR) is 148 cm³/mol. The number of amides is 2. The van der Waals surface area contributed by atoms with Gasteiger partial charge in [0.05, 0.1) is 5.75 Å². The van der Waals surface area contributed by atoms with Crippen molar-refractivity contribution in [2.24, 2.45) is 0 Å². The highest BCUT2D eigenvalue weighted by Gasteiger charge is 2.30. The van der Waals surface area contributed by atoms with Crippen LogP contribution in [0.4, 0.5) is 0 Å². The molecular weight excluding hydrogens is 546 g/mol. The van der Waals surface area contributed by atoms with E-state index in [0.29, 0.717) is 37.8 Å². The Morgan fingerprint density at radius 3 is 2.06 bits per heavy atom. The van der Waals surface area contributed by atoms with E-state index < -0.39 is 6.04 Å². The lowest BCUT2D eigenvalue weighted by molar-refractivity contribution is -0.139. The summed E-state index contributed by atoms with van der Waals surface area (Å²) < 4.78 is 0. The molecule has 3 rings (SSSR count). The van der Waals surface area contributed by atoms with Crippen LogP contribution in [-0.2, 0) is 28.3 Å². The Kier molecular flexibility index (Phi) is 10.6. The Balaban J connectivity index is 1.84. The molecule has 0 spiro atoms. The Labute approximate surface area is 229 Å². The molecule has 0 saturated heterocycles. The second-order valence-electron chi connectivity index (χ2n) is 7.81. The summed E-state index contributed by atoms with van der Waals surface area (Å²) in [5.41, 5.74) is 2.53. The zero-order chi connectivity index (χ0) is 25.4. The molecule has 3 aromatic carbocycles. The predicted octanol–water partition coefficient (Wildman–Crippen LogP) is 6.92. The van der Waals surface area contributed by atoms with Crippen LogP contribution < -0.4 is 5.32 Å². The lowest BCUT2D eigenvalue weighted by atomic mass is 10.0. The fourth-order valence-corrected chi connectivity index (χ4v) is 5.46. The van der Waals surface area contributed by atoms with Gasteiger partial charge in [-0.05, 0) is 41.0 Å². The molecule has 0 fully saturated rings. The lowest BCUT2D eigenvalue weighted by Gasteiger charge is -2.31. The van der Waals surface area contributed by atoms with E-state index in [1.54, 1.807) is 42.3 Å². The summed E-state index contributed by atoms with van der Waals surface area (Å²) in [6.07, 6.45) is 0.366. The van der Waals surface area contributed by atoms with Gasteiger partial charge in [-0.1, -0.05) is 88.9 Å². The third kappa shape index (κ3) is 8.06. The van der Waals surface area contributed by atoms with Crippen molar-refractivity contribution in [3.05, 3.63) is 104 Å². The van der Waals surface area contributed by atoms with Crippen LogP contribution in [0.3, 0.4) is 0 Å². The molecule has 0 bridgehead atoms. The second kappa shape index (κ2) is 13.4. The fourth-order valence-electron chi connectivity index (χ4n) is 3.52. The summed E-state index contributed by atoms with van der Waals surface area (Å²) in [5.74, 6) is 0.251. The Morgan fingerprint density at radius 1 is 0.886 bits per heavy atom. The van der Waals surface area contributed by atoms with E-state index >= 15 is 0 Å². The molecule has 4 nitrogen and oxygen atoms in total. The molecule has 0 aliphatic heterocycles. The zero-order valence-corrected chi connectivity index (χ0v) is 22.8. The molecule has 35 heavy (non-hydrogen) atoms. The molecule has 1 N–H and O–H groups in total. The van der Waals surface area contributed by atoms with Crippen molar-refractivity contribution >= 4 is 70.0 Å². The van der Waals surface area contributed by atoms with E-state index in [0.717, 1.165) is 11.1 Å². The van der Waals surface area contributed by atoms with Crippen molar-refractivity contribution in [2.75, 3.05) is 12.8 Å². The number of halogens is 4. The molecule has 3 aromatic rings. The van der Waals surface area contributed by atoms with Gasteiger partial charge in [-0.25, -0.2) is 0 Å². The second-order valence-corrected chi connectivity index (χ2v) is 10.5. The first-order valence-electron chi connectivity index (χ1n) is 10.8. The maximum absolute atomic E-state index is 13.5. The molecular formula is C26H24Cl4N2O2S. The highest BCUT2D eigenvalue weighted by molar-refractivity contribution is 7.99. The Morgan fingerprint density at radius 2 is 1.49 bits per heavy atom. The Bertz CT molecular complexity index is 1180. The molecule has 0 aliphatic rings. The van der Waals surface area contributed by atoms with Crippen LogP contribution in [0.25, 0.3) is 0 Å². The van der Waals surface area contributed by atoms with Crippen LogP contribution >= 0.6 is 58.2 Å². The number of carbonyl (C=O) groups is 2. The van der Waals surface area contributed by atoms with E-state index in [4.69, 9.17) is 46.4 Å². The number of hydrogen-bond acceptors (Lipinski definition) is 3. The summed E-state index contributed by atoms with van der Waals surface area (Å²) in [6, 6.07) is 19.3. The average Bonchev–Trinajstić information content (AvgIpc) is 2.84. The van der Waals surface area contributed by atoms with E-state index in [1.165, 1.54) is 11.8 Å². The van der Waals surface area contributed by atoms with Crippen LogP contribution in [0.15, 0.2) is 66.7 Å². The zero-order valence-electron chi connectivity index (χ0n) is 18.9. The standard InChI is InChI=1S/C26H24Cl4N2O2S/c1-31-26(34)24(11-17-5-3-2-4-6-17)32(14-18-7-9-20(27)12-22(18)29)25(33)16-35-15-19-8-10-21(28)13-23(19)30/h2-10,12-13,24H,11,14-16H2,1H3,(H,31,34). The first-order chi connectivity index (χ1) is 16.8. The van der Waals surface area contributed by atoms with Crippen molar-refractivity contribution in [3.63, 3.8) is 0 Å². The number of thioether (sulfide) groups is 1. The van der Waals surface area contributed by atoms with Gasteiger partial charge in [0.25, 0.3) is 0 Å². The highest BCUT2D eigenvalue weighted by atomic mass is 35.5. The molecule has 0 saturated carbocycles. The van der Waals surface area contributed by atoms with Gasteiger partial charge in [-0.15, -0.1) is 11.8 Å². The molecule has 0 heterocycles. The normalized spacial score (nSPS) is 11.7. The van der Waals surface area contributed by atoms with Gasteiger partial charge in [-0.3, -0.25) is 9.59 Å². The first kappa shape index (κ1) is 27.7. The van der Waals surface area contributed by atoms with Crippen LogP contribution in [0.5, 0.6) is 0 Å². The lowest BCUT2D eigenvalue weighted by Crippen LogP contribution is -2.50. The molecule has 2 amide bonds. The van der Waals surface area contributed by atoms with Gasteiger partial charge >= 0.3 is 0 Å². The third-order valence-corrected chi connectivity index (χ3v) is 7.51. The average molecular weight is 570 g/mol. The molecule has 184 valence electrons. The largest absolute Gasteiger partial charge is 0.357 e. The van der Waals surface area contributed by atoms with Crippen molar-refractivity contribution in [3.8, 4) is 0 Å². The molecule has 0 aliphatic carbocycles. The van der Waals surface area contributed by atoms with Gasteiger partial charge in [0.2, 0.25) is 11.8 Å². The minimum Gasteiger partial charge on any atom is -0.357 e. The fraction of sp³-hybridized carbons (Fsp3) is 0.231. The van der Waals surface area contributed by atoms with Crippen molar-refractivity contribution in [1.82, 2.24) is 10.2 Å². The van der Waals surface area contributed by atoms with Crippen molar-refractivity contribution < 1.29 is 9.59 Å². The number of rotatable bonds is 10. The van der Waals surface area contributed by atoms with Crippen LogP contribution in [0.2, 0.25) is 20.1 Å². The SMILES string of the molecule is CNC(=O)C(Cc1ccccc1)N(Cc1ccc(Cl)cc1Cl)C(=O)CSCc1ccc(Cl)cc1Cl. The van der Waals surface area contributed by atoms with Gasteiger partial charge in [0.1, 0.15) is 6.04 Å². The van der Waals surface area contributed by atoms with E-state index in [9.17, 15) is 9.59 Å². The maximum Gasteiger partial charge on any atom is 0.242 e. The monoisotopic (exact) mass is 568 g/mol. The van der Waals surface area contributed by atoms with Crippen LogP contribution in [0, 0.1) is 0 Å². The molecule has 0 aromatic heterocycles. The summed E-state index contributed by atoms with van der Waals surface area (Å²) in [7, 11) is 1.57.